The third kappa shape index (κ3) is 3.55. The van der Waals surface area contributed by atoms with Crippen molar-refractivity contribution in [1.29, 1.82) is 5.26 Å². The van der Waals surface area contributed by atoms with Crippen LogP contribution in [-0.2, 0) is 5.41 Å². The maximum absolute atomic E-state index is 10.5. The predicted molar refractivity (Wildman–Crippen MR) is 92.9 cm³/mol. The van der Waals surface area contributed by atoms with Crippen molar-refractivity contribution in [2.24, 2.45) is 4.99 Å². The quantitative estimate of drug-likeness (QED) is 0.763. The zero-order valence-corrected chi connectivity index (χ0v) is 14.3. The maximum atomic E-state index is 10.5. The van der Waals surface area contributed by atoms with Crippen LogP contribution in [0.4, 0.5) is 5.69 Å². The molecule has 0 heterocycles. The Kier molecular flexibility index (Phi) is 4.68. The smallest absolute Gasteiger partial charge is 0.128 e. The minimum absolute atomic E-state index is 0.180. The monoisotopic (exact) mass is 356 g/mol. The van der Waals surface area contributed by atoms with Gasteiger partial charge in [-0.15, -0.1) is 0 Å². The number of nitriles is 1. The van der Waals surface area contributed by atoms with Gasteiger partial charge in [-0.1, -0.05) is 48.8 Å². The van der Waals surface area contributed by atoms with Gasteiger partial charge in [-0.25, -0.2) is 0 Å². The van der Waals surface area contributed by atoms with Crippen LogP contribution in [0.15, 0.2) is 45.9 Å². The van der Waals surface area contributed by atoms with Crippen LogP contribution in [0.3, 0.4) is 0 Å². The van der Waals surface area contributed by atoms with Crippen LogP contribution in [0.1, 0.15) is 37.5 Å². The Morgan fingerprint density at radius 2 is 1.91 bits per heavy atom. The Morgan fingerprint density at radius 1 is 1.23 bits per heavy atom. The molecule has 4 heteroatoms. The van der Waals surface area contributed by atoms with Crippen LogP contribution in [0.2, 0.25) is 0 Å². The highest BCUT2D eigenvalue weighted by Gasteiger charge is 2.20. The number of aliphatic imine (C=N–C) groups is 1. The lowest BCUT2D eigenvalue weighted by Crippen LogP contribution is -2.12. The highest BCUT2D eigenvalue weighted by Crippen LogP contribution is 2.35. The fourth-order valence-electron chi connectivity index (χ4n) is 2.11. The van der Waals surface area contributed by atoms with Crippen molar-refractivity contribution in [3.63, 3.8) is 0 Å². The van der Waals surface area contributed by atoms with Crippen LogP contribution >= 0.6 is 15.9 Å². The summed E-state index contributed by atoms with van der Waals surface area (Å²) < 4.78 is 0.880. The predicted octanol–water partition coefficient (Wildman–Crippen LogP) is 5.07. The molecular formula is C18H17BrN2O. The molecule has 0 aliphatic heterocycles. The van der Waals surface area contributed by atoms with E-state index in [-0.39, 0.29) is 11.2 Å². The van der Waals surface area contributed by atoms with Gasteiger partial charge in [0, 0.05) is 21.8 Å². The van der Waals surface area contributed by atoms with E-state index < -0.39 is 0 Å². The average Bonchev–Trinajstić information content (AvgIpc) is 2.47. The number of nitrogens with zero attached hydrogens (tertiary/aromatic N) is 2. The minimum atomic E-state index is -0.180. The molecule has 0 bridgehead atoms. The van der Waals surface area contributed by atoms with Crippen LogP contribution in [0.25, 0.3) is 0 Å². The zero-order valence-electron chi connectivity index (χ0n) is 12.8. The van der Waals surface area contributed by atoms with E-state index in [1.165, 1.54) is 0 Å². The van der Waals surface area contributed by atoms with Crippen LogP contribution in [0.5, 0.6) is 5.75 Å². The first-order valence-corrected chi connectivity index (χ1v) is 7.68. The number of benzene rings is 2. The topological polar surface area (TPSA) is 56.4 Å². The standard InChI is InChI=1S/C18H17BrN2O/c1-18(2,3)15-9-14(19)8-13(17(15)22)11-21-16-7-5-4-6-12(16)10-20/h4-9,11,22H,1-3H3. The van der Waals surface area contributed by atoms with Crippen molar-refractivity contribution in [1.82, 2.24) is 0 Å². The molecule has 0 saturated carbocycles. The molecule has 2 aromatic carbocycles. The molecule has 1 N–H and O–H groups in total. The van der Waals surface area contributed by atoms with Gasteiger partial charge < -0.3 is 5.11 Å². The summed E-state index contributed by atoms with van der Waals surface area (Å²) in [5.41, 5.74) is 2.37. The van der Waals surface area contributed by atoms with Gasteiger partial charge in [0.15, 0.2) is 0 Å². The van der Waals surface area contributed by atoms with Crippen molar-refractivity contribution >= 4 is 27.8 Å². The Morgan fingerprint density at radius 3 is 2.55 bits per heavy atom. The molecule has 3 nitrogen and oxygen atoms in total. The SMILES string of the molecule is CC(C)(C)c1cc(Br)cc(C=Nc2ccccc2C#N)c1O. The molecule has 112 valence electrons. The Bertz CT molecular complexity index is 768. The second kappa shape index (κ2) is 6.33. The van der Waals surface area contributed by atoms with E-state index >= 15 is 0 Å². The van der Waals surface area contributed by atoms with E-state index in [0.29, 0.717) is 16.8 Å². The molecule has 0 radical (unpaired) electrons. The van der Waals surface area contributed by atoms with Gasteiger partial charge in [-0.3, -0.25) is 4.99 Å². The summed E-state index contributed by atoms with van der Waals surface area (Å²) in [5, 5.41) is 19.6. The molecule has 2 aromatic rings. The van der Waals surface area contributed by atoms with Crippen molar-refractivity contribution in [2.45, 2.75) is 26.2 Å². The largest absolute Gasteiger partial charge is 0.507 e. The Balaban J connectivity index is 2.49. The summed E-state index contributed by atoms with van der Waals surface area (Å²) in [5.74, 6) is 0.217. The minimum Gasteiger partial charge on any atom is -0.507 e. The van der Waals surface area contributed by atoms with Crippen molar-refractivity contribution in [3.8, 4) is 11.8 Å². The number of phenolic OH excluding ortho intramolecular Hbond substituents is 1. The van der Waals surface area contributed by atoms with Gasteiger partial charge >= 0.3 is 0 Å². The van der Waals surface area contributed by atoms with Gasteiger partial charge in [0.05, 0.1) is 11.3 Å². The number of hydrogen-bond donors (Lipinski definition) is 1. The molecule has 0 atom stereocenters. The Labute approximate surface area is 139 Å². The van der Waals surface area contributed by atoms with Gasteiger partial charge in [0.25, 0.3) is 0 Å². The van der Waals surface area contributed by atoms with E-state index in [1.807, 2.05) is 39.0 Å². The molecule has 0 spiro atoms. The number of halogens is 1. The zero-order chi connectivity index (χ0) is 16.3. The number of phenols is 1. The first-order chi connectivity index (χ1) is 10.3. The normalized spacial score (nSPS) is 11.6. The van der Waals surface area contributed by atoms with E-state index in [2.05, 4.69) is 27.0 Å². The Hall–Kier alpha value is -2.12. The first-order valence-electron chi connectivity index (χ1n) is 6.89. The summed E-state index contributed by atoms with van der Waals surface area (Å²) in [6, 6.07) is 12.9. The molecule has 2 rings (SSSR count). The molecule has 0 saturated heterocycles. The molecule has 0 aliphatic carbocycles. The van der Waals surface area contributed by atoms with Gasteiger partial charge in [0.1, 0.15) is 11.8 Å². The molecule has 0 fully saturated rings. The van der Waals surface area contributed by atoms with E-state index in [4.69, 9.17) is 5.26 Å². The van der Waals surface area contributed by atoms with Crippen molar-refractivity contribution in [2.75, 3.05) is 0 Å². The number of aromatic hydroxyl groups is 1. The fraction of sp³-hybridized carbons (Fsp3) is 0.222. The number of rotatable bonds is 2. The fourth-order valence-corrected chi connectivity index (χ4v) is 2.59. The van der Waals surface area contributed by atoms with E-state index in [1.54, 1.807) is 24.4 Å². The summed E-state index contributed by atoms with van der Waals surface area (Å²) in [7, 11) is 0. The van der Waals surface area contributed by atoms with Crippen LogP contribution in [-0.4, -0.2) is 11.3 Å². The van der Waals surface area contributed by atoms with Gasteiger partial charge in [0.2, 0.25) is 0 Å². The summed E-state index contributed by atoms with van der Waals surface area (Å²) in [4.78, 5) is 4.34. The van der Waals surface area contributed by atoms with E-state index in [9.17, 15) is 5.11 Å². The van der Waals surface area contributed by atoms with E-state index in [0.717, 1.165) is 10.0 Å². The van der Waals surface area contributed by atoms with Crippen LogP contribution in [0, 0.1) is 11.3 Å². The summed E-state index contributed by atoms with van der Waals surface area (Å²) in [6.07, 6.45) is 1.59. The average molecular weight is 357 g/mol. The molecular weight excluding hydrogens is 340 g/mol. The highest BCUT2D eigenvalue weighted by molar-refractivity contribution is 9.10. The third-order valence-corrected chi connectivity index (χ3v) is 3.74. The summed E-state index contributed by atoms with van der Waals surface area (Å²) in [6.45, 7) is 6.13. The second-order valence-electron chi connectivity index (χ2n) is 6.03. The molecule has 0 amide bonds. The number of hydrogen-bond acceptors (Lipinski definition) is 3. The summed E-state index contributed by atoms with van der Waals surface area (Å²) >= 11 is 3.47. The lowest BCUT2D eigenvalue weighted by atomic mass is 9.85. The van der Waals surface area contributed by atoms with Gasteiger partial charge in [-0.05, 0) is 29.7 Å². The van der Waals surface area contributed by atoms with Crippen molar-refractivity contribution in [3.05, 3.63) is 57.6 Å². The van der Waals surface area contributed by atoms with Gasteiger partial charge in [-0.2, -0.15) is 5.26 Å². The maximum Gasteiger partial charge on any atom is 0.128 e. The first kappa shape index (κ1) is 16.3. The molecule has 22 heavy (non-hydrogen) atoms. The van der Waals surface area contributed by atoms with Crippen LogP contribution < -0.4 is 0 Å². The lowest BCUT2D eigenvalue weighted by molar-refractivity contribution is 0.445. The molecule has 0 unspecified atom stereocenters. The third-order valence-electron chi connectivity index (χ3n) is 3.28. The van der Waals surface area contributed by atoms with Crippen molar-refractivity contribution < 1.29 is 5.11 Å². The second-order valence-corrected chi connectivity index (χ2v) is 6.94. The lowest BCUT2D eigenvalue weighted by Gasteiger charge is -2.21. The molecule has 0 aliphatic rings. The number of para-hydroxylation sites is 1. The molecule has 0 aromatic heterocycles. The highest BCUT2D eigenvalue weighted by atomic mass is 79.9.